The maximum absolute atomic E-state index is 10.5. The summed E-state index contributed by atoms with van der Waals surface area (Å²) in [6, 6.07) is 16.9. The molecule has 1 aromatic heterocycles. The molecule has 0 aliphatic heterocycles. The Morgan fingerprint density at radius 2 is 1.70 bits per heavy atom. The van der Waals surface area contributed by atoms with Crippen LogP contribution in [0.5, 0.6) is 5.75 Å². The highest BCUT2D eigenvalue weighted by molar-refractivity contribution is 6.30. The molecule has 3 rings (SSSR count). The molecule has 0 saturated heterocycles. The molecule has 3 aromatic rings. The van der Waals surface area contributed by atoms with Gasteiger partial charge in [0.15, 0.2) is 0 Å². The first-order valence-electron chi connectivity index (χ1n) is 8.84. The highest BCUT2D eigenvalue weighted by Gasteiger charge is 2.18. The fourth-order valence-electron chi connectivity index (χ4n) is 2.86. The average molecular weight is 387 g/mol. The molecule has 0 spiro atoms. The zero-order chi connectivity index (χ0) is 19.4. The molecule has 2 unspecified atom stereocenters. The zero-order valence-corrected chi connectivity index (χ0v) is 16.1. The molecule has 0 bridgehead atoms. The summed E-state index contributed by atoms with van der Waals surface area (Å²) < 4.78 is 7.02. The van der Waals surface area contributed by atoms with Gasteiger partial charge in [0.05, 0.1) is 36.4 Å². The van der Waals surface area contributed by atoms with Crippen LogP contribution in [0.3, 0.4) is 0 Å². The van der Waals surface area contributed by atoms with Crippen LogP contribution in [0.1, 0.15) is 31.6 Å². The Balaban J connectivity index is 2.01. The van der Waals surface area contributed by atoms with Crippen molar-refractivity contribution >= 4 is 11.6 Å². The molecule has 27 heavy (non-hydrogen) atoms. The summed E-state index contributed by atoms with van der Waals surface area (Å²) >= 11 is 6.02. The van der Waals surface area contributed by atoms with Gasteiger partial charge in [-0.2, -0.15) is 5.10 Å². The highest BCUT2D eigenvalue weighted by Crippen LogP contribution is 2.29. The van der Waals surface area contributed by atoms with Crippen molar-refractivity contribution in [3.05, 3.63) is 65.3 Å². The van der Waals surface area contributed by atoms with E-state index in [-0.39, 0.29) is 0 Å². The molecule has 0 radical (unpaired) electrons. The lowest BCUT2D eigenvalue weighted by molar-refractivity contribution is 0.120. The number of rotatable bonds is 7. The third kappa shape index (κ3) is 4.69. The third-order valence-electron chi connectivity index (χ3n) is 4.38. The van der Waals surface area contributed by atoms with Crippen LogP contribution in [0.15, 0.2) is 54.6 Å². The molecule has 2 N–H and O–H groups in total. The Hall–Kier alpha value is -2.34. The molecular weight excluding hydrogens is 364 g/mol. The number of hydrogen-bond acceptors (Lipinski definition) is 4. The number of aliphatic hydroxyl groups excluding tert-OH is 2. The molecule has 6 heteroatoms. The molecule has 0 aliphatic rings. The van der Waals surface area contributed by atoms with Gasteiger partial charge in [-0.25, -0.2) is 4.68 Å². The van der Waals surface area contributed by atoms with Crippen LogP contribution < -0.4 is 4.74 Å². The van der Waals surface area contributed by atoms with Crippen molar-refractivity contribution in [2.75, 3.05) is 7.11 Å². The second-order valence-corrected chi connectivity index (χ2v) is 6.95. The van der Waals surface area contributed by atoms with Gasteiger partial charge in [-0.1, -0.05) is 23.7 Å². The van der Waals surface area contributed by atoms with Crippen LogP contribution in [0.2, 0.25) is 5.02 Å². The topological polar surface area (TPSA) is 67.5 Å². The summed E-state index contributed by atoms with van der Waals surface area (Å²) in [6.45, 7) is 1.71. The number of hydrogen-bond donors (Lipinski definition) is 2. The summed E-state index contributed by atoms with van der Waals surface area (Å²) in [5.74, 6) is 0.760. The van der Waals surface area contributed by atoms with Crippen LogP contribution in [-0.4, -0.2) is 33.2 Å². The minimum absolute atomic E-state index is 0.442. The predicted octanol–water partition coefficient (Wildman–Crippen LogP) is 4.40. The van der Waals surface area contributed by atoms with E-state index in [0.29, 0.717) is 23.6 Å². The van der Waals surface area contributed by atoms with Crippen molar-refractivity contribution in [1.82, 2.24) is 9.78 Å². The van der Waals surface area contributed by atoms with Crippen molar-refractivity contribution in [3.8, 4) is 22.7 Å². The Morgan fingerprint density at radius 1 is 1.04 bits per heavy atom. The Kier molecular flexibility index (Phi) is 6.16. The smallest absolute Gasteiger partial charge is 0.119 e. The first kappa shape index (κ1) is 19.4. The van der Waals surface area contributed by atoms with Gasteiger partial charge in [0, 0.05) is 10.6 Å². The molecule has 0 saturated carbocycles. The zero-order valence-electron chi connectivity index (χ0n) is 15.3. The molecule has 0 fully saturated rings. The maximum atomic E-state index is 10.5. The quantitative estimate of drug-likeness (QED) is 0.631. The largest absolute Gasteiger partial charge is 0.497 e. The van der Waals surface area contributed by atoms with Gasteiger partial charge in [-0.15, -0.1) is 0 Å². The molecule has 2 aromatic carbocycles. The second-order valence-electron chi connectivity index (χ2n) is 6.51. The third-order valence-corrected chi connectivity index (χ3v) is 4.64. The average Bonchev–Trinajstić information content (AvgIpc) is 3.12. The number of aromatic nitrogens is 2. The summed E-state index contributed by atoms with van der Waals surface area (Å²) in [4.78, 5) is 0. The van der Waals surface area contributed by atoms with E-state index < -0.39 is 12.2 Å². The summed E-state index contributed by atoms with van der Waals surface area (Å²) in [5, 5.41) is 25.3. The lowest BCUT2D eigenvalue weighted by atomic mass is 10.1. The fourth-order valence-corrected chi connectivity index (χ4v) is 2.98. The van der Waals surface area contributed by atoms with Crippen molar-refractivity contribution < 1.29 is 14.9 Å². The van der Waals surface area contributed by atoms with Crippen molar-refractivity contribution in [1.29, 1.82) is 0 Å². The number of ether oxygens (including phenoxy) is 1. The first-order valence-corrected chi connectivity index (χ1v) is 9.22. The van der Waals surface area contributed by atoms with Crippen LogP contribution in [-0.2, 0) is 0 Å². The molecule has 0 aliphatic carbocycles. The maximum Gasteiger partial charge on any atom is 0.119 e. The van der Waals surface area contributed by atoms with Crippen LogP contribution >= 0.6 is 11.6 Å². The molecule has 5 nitrogen and oxygen atoms in total. The first-order chi connectivity index (χ1) is 13.0. The van der Waals surface area contributed by atoms with Crippen molar-refractivity contribution in [3.63, 3.8) is 0 Å². The van der Waals surface area contributed by atoms with Gasteiger partial charge in [0.25, 0.3) is 0 Å². The minimum atomic E-state index is -0.745. The second kappa shape index (κ2) is 8.57. The van der Waals surface area contributed by atoms with Gasteiger partial charge in [-0.3, -0.25) is 0 Å². The molecule has 0 amide bonds. The van der Waals surface area contributed by atoms with E-state index in [1.165, 1.54) is 0 Å². The van der Waals surface area contributed by atoms with Crippen molar-refractivity contribution in [2.24, 2.45) is 0 Å². The van der Waals surface area contributed by atoms with Gasteiger partial charge in [0.2, 0.25) is 0 Å². The molecular formula is C21H23ClN2O3. The SMILES string of the molecule is COc1ccc(-n2nc(C(O)CCC(C)O)cc2-c2ccc(Cl)cc2)cc1. The van der Waals surface area contributed by atoms with E-state index in [4.69, 9.17) is 16.3 Å². The van der Waals surface area contributed by atoms with Gasteiger partial charge in [-0.05, 0) is 62.2 Å². The van der Waals surface area contributed by atoms with E-state index in [2.05, 4.69) is 5.10 Å². The lowest BCUT2D eigenvalue weighted by Gasteiger charge is -2.10. The minimum Gasteiger partial charge on any atom is -0.497 e. The van der Waals surface area contributed by atoms with Crippen molar-refractivity contribution in [2.45, 2.75) is 32.0 Å². The molecule has 142 valence electrons. The monoisotopic (exact) mass is 386 g/mol. The van der Waals surface area contributed by atoms with Gasteiger partial charge in [0.1, 0.15) is 5.75 Å². The van der Waals surface area contributed by atoms with E-state index >= 15 is 0 Å². The predicted molar refractivity (Wildman–Crippen MR) is 106 cm³/mol. The van der Waals surface area contributed by atoms with E-state index in [9.17, 15) is 10.2 Å². The van der Waals surface area contributed by atoms with E-state index in [1.54, 1.807) is 18.7 Å². The summed E-state index contributed by atoms with van der Waals surface area (Å²) in [6.07, 6.45) is -0.256. The van der Waals surface area contributed by atoms with Gasteiger partial charge >= 0.3 is 0 Å². The van der Waals surface area contributed by atoms with E-state index in [0.717, 1.165) is 22.7 Å². The molecule has 1 heterocycles. The Labute approximate surface area is 163 Å². The number of nitrogens with zero attached hydrogens (tertiary/aromatic N) is 2. The van der Waals surface area contributed by atoms with Crippen LogP contribution in [0.4, 0.5) is 0 Å². The van der Waals surface area contributed by atoms with E-state index in [1.807, 2.05) is 54.6 Å². The highest BCUT2D eigenvalue weighted by atomic mass is 35.5. The number of benzene rings is 2. The Bertz CT molecular complexity index is 873. The van der Waals surface area contributed by atoms with Crippen LogP contribution in [0.25, 0.3) is 16.9 Å². The Morgan fingerprint density at radius 3 is 2.30 bits per heavy atom. The standard InChI is InChI=1S/C21H23ClN2O3/c1-14(25)3-12-21(26)19-13-20(15-4-6-16(22)7-5-15)24(23-19)17-8-10-18(27-2)11-9-17/h4-11,13-14,21,25-26H,3,12H2,1-2H3. The number of halogens is 1. The lowest BCUT2D eigenvalue weighted by Crippen LogP contribution is -2.06. The molecule has 2 atom stereocenters. The van der Waals surface area contributed by atoms with Gasteiger partial charge < -0.3 is 14.9 Å². The number of aliphatic hydroxyl groups is 2. The summed E-state index contributed by atoms with van der Waals surface area (Å²) in [5.41, 5.74) is 3.21. The fraction of sp³-hybridized carbons (Fsp3) is 0.286. The summed E-state index contributed by atoms with van der Waals surface area (Å²) in [7, 11) is 1.62. The number of methoxy groups -OCH3 is 1. The normalized spacial score (nSPS) is 13.4. The van der Waals surface area contributed by atoms with Crippen LogP contribution in [0, 0.1) is 0 Å².